The molecule has 0 aliphatic carbocycles. The molecule has 0 saturated carbocycles. The minimum atomic E-state index is -3.92. The number of nitrogens with zero attached hydrogens (tertiary/aromatic N) is 1. The topological polar surface area (TPSA) is 55.8 Å². The van der Waals surface area contributed by atoms with Gasteiger partial charge in [0.15, 0.2) is 0 Å². The Labute approximate surface area is 225 Å². The molecule has 0 fully saturated rings. The van der Waals surface area contributed by atoms with Crippen molar-refractivity contribution >= 4 is 7.82 Å². The van der Waals surface area contributed by atoms with E-state index < -0.39 is 7.82 Å². The number of hydrogen-bond acceptors (Lipinski definition) is 3. The summed E-state index contributed by atoms with van der Waals surface area (Å²) in [6, 6.07) is 0. The number of hydrogen-bond donors (Lipinski definition) is 1. The maximum atomic E-state index is 12.0. The molecule has 0 radical (unpaired) electrons. The monoisotopic (exact) mass is 532 g/mol. The van der Waals surface area contributed by atoms with Crippen LogP contribution in [0.25, 0.3) is 0 Å². The lowest BCUT2D eigenvalue weighted by Gasteiger charge is -2.33. The number of unbranched alkanes of at least 4 members (excludes halogenated alkanes) is 16. The highest BCUT2D eigenvalue weighted by Crippen LogP contribution is 2.43. The molecule has 216 valence electrons. The minimum Gasteiger partial charge on any atom is -0.324 e. The van der Waals surface area contributed by atoms with Gasteiger partial charge in [0.25, 0.3) is 0 Å². The largest absolute Gasteiger partial charge is 0.472 e. The number of quaternary nitrogens is 1. The summed E-state index contributed by atoms with van der Waals surface area (Å²) < 4.78 is 23.2. The van der Waals surface area contributed by atoms with Gasteiger partial charge in [0.2, 0.25) is 0 Å². The smallest absolute Gasteiger partial charge is 0.324 e. The highest BCUT2D eigenvalue weighted by atomic mass is 31.2. The molecular formula is C30H63NO4P+. The van der Waals surface area contributed by atoms with Crippen molar-refractivity contribution in [2.75, 3.05) is 39.9 Å². The minimum absolute atomic E-state index is 0.258. The van der Waals surface area contributed by atoms with Gasteiger partial charge >= 0.3 is 7.82 Å². The van der Waals surface area contributed by atoms with E-state index >= 15 is 0 Å². The summed E-state index contributed by atoms with van der Waals surface area (Å²) in [5.74, 6) is 0. The second kappa shape index (κ2) is 25.1. The van der Waals surface area contributed by atoms with E-state index in [9.17, 15) is 9.46 Å². The fourth-order valence-electron chi connectivity index (χ4n) is 4.62. The molecule has 0 aliphatic rings. The molecule has 2 unspecified atom stereocenters. The lowest BCUT2D eigenvalue weighted by atomic mass is 10.1. The molecule has 0 aromatic carbocycles. The average Bonchev–Trinajstić information content (AvgIpc) is 2.85. The van der Waals surface area contributed by atoms with Crippen LogP contribution in [-0.2, 0) is 13.6 Å². The predicted octanol–water partition coefficient (Wildman–Crippen LogP) is 9.59. The van der Waals surface area contributed by atoms with Gasteiger partial charge in [-0.2, -0.15) is 0 Å². The van der Waals surface area contributed by atoms with Gasteiger partial charge in [-0.1, -0.05) is 109 Å². The molecular weight excluding hydrogens is 469 g/mol. The molecule has 0 heterocycles. The summed E-state index contributed by atoms with van der Waals surface area (Å²) in [4.78, 5) is 9.87. The Kier molecular flexibility index (Phi) is 25.0. The molecule has 1 N–H and O–H groups in total. The van der Waals surface area contributed by atoms with Crippen molar-refractivity contribution in [3.8, 4) is 0 Å². The third-order valence-electron chi connectivity index (χ3n) is 7.32. The molecule has 0 bridgehead atoms. The van der Waals surface area contributed by atoms with Crippen molar-refractivity contribution in [3.63, 3.8) is 0 Å². The fourth-order valence-corrected chi connectivity index (χ4v) is 5.37. The van der Waals surface area contributed by atoms with E-state index in [-0.39, 0.29) is 6.61 Å². The Bertz CT molecular complexity index is 543. The maximum Gasteiger partial charge on any atom is 0.472 e. The number of rotatable bonds is 28. The highest BCUT2D eigenvalue weighted by molar-refractivity contribution is 7.47. The normalized spacial score (nSPS) is 15.4. The van der Waals surface area contributed by atoms with Crippen LogP contribution >= 0.6 is 7.82 Å². The van der Waals surface area contributed by atoms with Crippen LogP contribution in [0.15, 0.2) is 12.2 Å². The van der Waals surface area contributed by atoms with E-state index in [4.69, 9.17) is 9.05 Å². The Morgan fingerprint density at radius 3 is 1.53 bits per heavy atom. The molecule has 0 rings (SSSR count). The van der Waals surface area contributed by atoms with E-state index in [1.807, 2.05) is 0 Å². The third-order valence-corrected chi connectivity index (χ3v) is 8.34. The van der Waals surface area contributed by atoms with E-state index in [0.29, 0.717) is 6.61 Å². The number of phosphoric acid groups is 1. The number of phosphoric ester groups is 1. The van der Waals surface area contributed by atoms with Gasteiger partial charge < -0.3 is 9.38 Å². The average molecular weight is 533 g/mol. The molecule has 0 aliphatic heterocycles. The van der Waals surface area contributed by atoms with Crippen LogP contribution in [0.2, 0.25) is 0 Å². The van der Waals surface area contributed by atoms with Crippen molar-refractivity contribution in [1.29, 1.82) is 0 Å². The lowest BCUT2D eigenvalue weighted by molar-refractivity contribution is -0.907. The molecule has 0 aromatic heterocycles. The standard InChI is InChI=1S/C30H62NO4P/c1-5-8-9-10-11-12-13-14-15-16-17-18-19-20-21-22-23-24-25-26-29-34-36(32,33)35-30-28-31(4,7-3)27-6-2/h14-15H,5-13,16-30H2,1-4H3/p+1. The first-order chi connectivity index (χ1) is 17.4. The molecule has 6 heteroatoms. The SMILES string of the molecule is CCCCCCCCC=CCCCCCCCCCCCCOP(=O)(O)OCC[N+](C)(CC)CCC. The van der Waals surface area contributed by atoms with E-state index in [2.05, 4.69) is 40.0 Å². The molecule has 0 amide bonds. The Morgan fingerprint density at radius 2 is 1.06 bits per heavy atom. The third kappa shape index (κ3) is 24.2. The second-order valence-electron chi connectivity index (χ2n) is 10.9. The van der Waals surface area contributed by atoms with E-state index in [1.165, 1.54) is 103 Å². The van der Waals surface area contributed by atoms with Crippen LogP contribution in [-0.4, -0.2) is 49.3 Å². The summed E-state index contributed by atoms with van der Waals surface area (Å²) in [7, 11) is -1.76. The first kappa shape index (κ1) is 35.8. The summed E-state index contributed by atoms with van der Waals surface area (Å²) in [6.45, 7) is 9.91. The van der Waals surface area contributed by atoms with Gasteiger partial charge in [-0.3, -0.25) is 9.05 Å². The van der Waals surface area contributed by atoms with Crippen LogP contribution in [0.4, 0.5) is 0 Å². The van der Waals surface area contributed by atoms with Gasteiger partial charge in [-0.05, 0) is 45.4 Å². The van der Waals surface area contributed by atoms with Crippen molar-refractivity contribution in [2.24, 2.45) is 0 Å². The van der Waals surface area contributed by atoms with Crippen LogP contribution in [0.5, 0.6) is 0 Å². The summed E-state index contributed by atoms with van der Waals surface area (Å²) in [5.41, 5.74) is 0. The second-order valence-corrected chi connectivity index (χ2v) is 12.3. The summed E-state index contributed by atoms with van der Waals surface area (Å²) >= 11 is 0. The van der Waals surface area contributed by atoms with Gasteiger partial charge in [0.05, 0.1) is 26.7 Å². The molecule has 2 atom stereocenters. The highest BCUT2D eigenvalue weighted by Gasteiger charge is 2.24. The Balaban J connectivity index is 3.42. The van der Waals surface area contributed by atoms with E-state index in [0.717, 1.165) is 43.4 Å². The first-order valence-electron chi connectivity index (χ1n) is 15.5. The van der Waals surface area contributed by atoms with Gasteiger partial charge in [0.1, 0.15) is 13.2 Å². The first-order valence-corrected chi connectivity index (χ1v) is 17.0. The zero-order valence-corrected chi connectivity index (χ0v) is 25.6. The number of likely N-dealkylation sites (N-methyl/N-ethyl adjacent to an activating group) is 1. The molecule has 0 aromatic rings. The molecule has 36 heavy (non-hydrogen) atoms. The van der Waals surface area contributed by atoms with Crippen LogP contribution in [0, 0.1) is 0 Å². The summed E-state index contributed by atoms with van der Waals surface area (Å²) in [6.07, 6.45) is 29.0. The summed E-state index contributed by atoms with van der Waals surface area (Å²) in [5, 5.41) is 0. The zero-order chi connectivity index (χ0) is 26.8. The van der Waals surface area contributed by atoms with Crippen molar-refractivity contribution in [1.82, 2.24) is 0 Å². The van der Waals surface area contributed by atoms with Crippen molar-refractivity contribution < 1.29 is 23.0 Å². The predicted molar refractivity (Wildman–Crippen MR) is 156 cm³/mol. The van der Waals surface area contributed by atoms with Crippen molar-refractivity contribution in [3.05, 3.63) is 12.2 Å². The van der Waals surface area contributed by atoms with Gasteiger partial charge in [0, 0.05) is 0 Å². The van der Waals surface area contributed by atoms with Gasteiger partial charge in [-0.25, -0.2) is 4.57 Å². The molecule has 5 nitrogen and oxygen atoms in total. The lowest BCUT2D eigenvalue weighted by Crippen LogP contribution is -2.46. The number of allylic oxidation sites excluding steroid dienone is 2. The Morgan fingerprint density at radius 1 is 0.611 bits per heavy atom. The maximum absolute atomic E-state index is 12.0. The molecule has 0 saturated heterocycles. The van der Waals surface area contributed by atoms with Crippen LogP contribution in [0.3, 0.4) is 0 Å². The van der Waals surface area contributed by atoms with Gasteiger partial charge in [-0.15, -0.1) is 0 Å². The van der Waals surface area contributed by atoms with Crippen molar-refractivity contribution in [2.45, 2.75) is 143 Å². The fraction of sp³-hybridized carbons (Fsp3) is 0.933. The quantitative estimate of drug-likeness (QED) is 0.0472. The van der Waals surface area contributed by atoms with Crippen LogP contribution < -0.4 is 0 Å². The van der Waals surface area contributed by atoms with E-state index in [1.54, 1.807) is 0 Å². The molecule has 0 spiro atoms. The van der Waals surface area contributed by atoms with Crippen LogP contribution in [0.1, 0.15) is 143 Å². The zero-order valence-electron chi connectivity index (χ0n) is 24.7. The Hall–Kier alpha value is -0.190.